The number of hydrogen-bond donors (Lipinski definition) is 2. The third kappa shape index (κ3) is 10.8. The van der Waals surface area contributed by atoms with Crippen molar-refractivity contribution in [3.05, 3.63) is 0 Å². The minimum atomic E-state index is 0. The molecule has 164 valence electrons. The maximum absolute atomic E-state index is 11.8. The number of likely N-dealkylation sites (N-methyl/N-ethyl adjacent to an activating group) is 1. The number of morpholine rings is 1. The van der Waals surface area contributed by atoms with Crippen molar-refractivity contribution in [2.45, 2.75) is 44.9 Å². The Kier molecular flexibility index (Phi) is 13.9. The summed E-state index contributed by atoms with van der Waals surface area (Å²) < 4.78 is 5.39. The van der Waals surface area contributed by atoms with Crippen molar-refractivity contribution in [3.8, 4) is 0 Å². The first-order valence-corrected chi connectivity index (χ1v) is 10.7. The van der Waals surface area contributed by atoms with E-state index in [1.807, 2.05) is 0 Å². The summed E-state index contributed by atoms with van der Waals surface area (Å²) in [6.07, 6.45) is 9.14. The number of nitrogens with zero attached hydrogens (tertiary/aromatic N) is 3. The van der Waals surface area contributed by atoms with E-state index in [2.05, 4.69) is 20.5 Å². The number of carbonyl (C=O) groups excluding carboxylic acids is 1. The van der Waals surface area contributed by atoms with Gasteiger partial charge in [-0.3, -0.25) is 9.69 Å². The molecule has 1 heterocycles. The zero-order chi connectivity index (χ0) is 19.3. The Bertz CT molecular complexity index is 450. The molecule has 2 fully saturated rings. The predicted octanol–water partition coefficient (Wildman–Crippen LogP) is 1.92. The molecular formula is C20H40IN5O2. The highest BCUT2D eigenvalue weighted by Gasteiger charge is 2.14. The molecule has 1 saturated heterocycles. The quantitative estimate of drug-likeness (QED) is 0.204. The number of nitrogens with one attached hydrogen (secondary N) is 2. The molecule has 2 aliphatic rings. The molecule has 8 heteroatoms. The second kappa shape index (κ2) is 15.3. The van der Waals surface area contributed by atoms with Crippen LogP contribution in [0.4, 0.5) is 0 Å². The molecule has 28 heavy (non-hydrogen) atoms. The minimum absolute atomic E-state index is 0. The van der Waals surface area contributed by atoms with Crippen LogP contribution >= 0.6 is 24.0 Å². The van der Waals surface area contributed by atoms with Crippen LogP contribution in [0.25, 0.3) is 0 Å². The van der Waals surface area contributed by atoms with Crippen molar-refractivity contribution in [2.24, 2.45) is 10.9 Å². The molecule has 1 aliphatic heterocycles. The van der Waals surface area contributed by atoms with Gasteiger partial charge in [-0.25, -0.2) is 4.99 Å². The van der Waals surface area contributed by atoms with Gasteiger partial charge in [-0.2, -0.15) is 0 Å². The van der Waals surface area contributed by atoms with Crippen LogP contribution in [0.3, 0.4) is 0 Å². The molecule has 0 atom stereocenters. The Balaban J connectivity index is 0.00000392. The molecular weight excluding hydrogens is 469 g/mol. The normalized spacial score (nSPS) is 18.6. The molecule has 0 aromatic rings. The lowest BCUT2D eigenvalue weighted by atomic mass is 10.0. The fourth-order valence-corrected chi connectivity index (χ4v) is 3.69. The molecule has 0 aromatic heterocycles. The summed E-state index contributed by atoms with van der Waals surface area (Å²) in [7, 11) is 3.53. The van der Waals surface area contributed by atoms with Crippen LogP contribution in [0.1, 0.15) is 44.9 Å². The molecule has 1 aliphatic carbocycles. The smallest absolute Gasteiger partial charge is 0.243 e. The Hall–Kier alpha value is -0.610. The van der Waals surface area contributed by atoms with Crippen molar-refractivity contribution in [1.82, 2.24) is 20.4 Å². The molecule has 0 bridgehead atoms. The van der Waals surface area contributed by atoms with E-state index >= 15 is 0 Å². The Morgan fingerprint density at radius 3 is 2.39 bits per heavy atom. The van der Waals surface area contributed by atoms with E-state index in [4.69, 9.17) is 4.74 Å². The van der Waals surface area contributed by atoms with E-state index in [1.165, 1.54) is 38.5 Å². The standard InChI is InChI=1S/C20H39N5O2.HI/c1-24(2)19(26)17-23-20(21-10-5-9-18-7-3-4-8-18)22-11-6-12-25-13-15-27-16-14-25;/h18H,3-17H2,1-2H3,(H2,21,22,23);1H. The van der Waals surface area contributed by atoms with Gasteiger partial charge in [0.2, 0.25) is 5.91 Å². The monoisotopic (exact) mass is 509 g/mol. The molecule has 0 radical (unpaired) electrons. The molecule has 1 amide bonds. The molecule has 0 aromatic carbocycles. The van der Waals surface area contributed by atoms with E-state index in [0.717, 1.165) is 64.2 Å². The van der Waals surface area contributed by atoms with E-state index in [1.54, 1.807) is 19.0 Å². The van der Waals surface area contributed by atoms with Crippen LogP contribution in [-0.4, -0.2) is 88.2 Å². The van der Waals surface area contributed by atoms with Gasteiger partial charge in [0.05, 0.1) is 13.2 Å². The Morgan fingerprint density at radius 1 is 1.11 bits per heavy atom. The fourth-order valence-electron chi connectivity index (χ4n) is 3.69. The number of rotatable bonds is 10. The van der Waals surface area contributed by atoms with Gasteiger partial charge >= 0.3 is 0 Å². The number of guanidine groups is 1. The van der Waals surface area contributed by atoms with Crippen LogP contribution in [-0.2, 0) is 9.53 Å². The van der Waals surface area contributed by atoms with Crippen molar-refractivity contribution < 1.29 is 9.53 Å². The predicted molar refractivity (Wildman–Crippen MR) is 125 cm³/mol. The van der Waals surface area contributed by atoms with Crippen LogP contribution in [0, 0.1) is 5.92 Å². The maximum atomic E-state index is 11.8. The second-order valence-electron chi connectivity index (χ2n) is 7.91. The summed E-state index contributed by atoms with van der Waals surface area (Å²) in [5, 5.41) is 6.80. The van der Waals surface area contributed by atoms with Crippen LogP contribution in [0.15, 0.2) is 4.99 Å². The van der Waals surface area contributed by atoms with E-state index in [9.17, 15) is 4.79 Å². The third-order valence-corrected chi connectivity index (χ3v) is 5.47. The third-order valence-electron chi connectivity index (χ3n) is 5.47. The number of ether oxygens (including phenoxy) is 1. The number of amides is 1. The second-order valence-corrected chi connectivity index (χ2v) is 7.91. The zero-order valence-electron chi connectivity index (χ0n) is 17.8. The maximum Gasteiger partial charge on any atom is 0.243 e. The van der Waals surface area contributed by atoms with E-state index in [-0.39, 0.29) is 36.4 Å². The summed E-state index contributed by atoms with van der Waals surface area (Å²) in [6.45, 7) is 6.78. The molecule has 1 saturated carbocycles. The number of halogens is 1. The molecule has 2 N–H and O–H groups in total. The average molecular weight is 509 g/mol. The molecule has 0 spiro atoms. The first-order chi connectivity index (χ1) is 13.1. The summed E-state index contributed by atoms with van der Waals surface area (Å²) in [5.74, 6) is 1.71. The minimum Gasteiger partial charge on any atom is -0.379 e. The summed E-state index contributed by atoms with van der Waals surface area (Å²) >= 11 is 0. The summed E-state index contributed by atoms with van der Waals surface area (Å²) in [5.41, 5.74) is 0. The highest BCUT2D eigenvalue weighted by Crippen LogP contribution is 2.28. The highest BCUT2D eigenvalue weighted by molar-refractivity contribution is 14.0. The lowest BCUT2D eigenvalue weighted by molar-refractivity contribution is -0.127. The largest absolute Gasteiger partial charge is 0.379 e. The number of aliphatic imine (C=N–C) groups is 1. The van der Waals surface area contributed by atoms with Gasteiger partial charge in [-0.05, 0) is 31.7 Å². The zero-order valence-corrected chi connectivity index (χ0v) is 20.1. The van der Waals surface area contributed by atoms with E-state index in [0.29, 0.717) is 0 Å². The highest BCUT2D eigenvalue weighted by atomic mass is 127. The number of hydrogen-bond acceptors (Lipinski definition) is 4. The molecule has 2 rings (SSSR count). The van der Waals surface area contributed by atoms with Crippen molar-refractivity contribution >= 4 is 35.8 Å². The average Bonchev–Trinajstić information content (AvgIpc) is 3.19. The van der Waals surface area contributed by atoms with Gasteiger partial charge in [-0.1, -0.05) is 25.7 Å². The first kappa shape index (κ1) is 25.4. The summed E-state index contributed by atoms with van der Waals surface area (Å²) in [6, 6.07) is 0. The SMILES string of the molecule is CN(C)C(=O)CN=C(NCCCC1CCCC1)NCCCN1CCOCC1.I. The van der Waals surface area contributed by atoms with Crippen LogP contribution < -0.4 is 10.6 Å². The van der Waals surface area contributed by atoms with Gasteiger partial charge in [0.1, 0.15) is 6.54 Å². The molecule has 0 unspecified atom stereocenters. The van der Waals surface area contributed by atoms with Crippen LogP contribution in [0.2, 0.25) is 0 Å². The molecule has 7 nitrogen and oxygen atoms in total. The fraction of sp³-hybridized carbons (Fsp3) is 0.900. The van der Waals surface area contributed by atoms with Crippen LogP contribution in [0.5, 0.6) is 0 Å². The lowest BCUT2D eigenvalue weighted by Gasteiger charge is -2.26. The van der Waals surface area contributed by atoms with Gasteiger partial charge in [0.15, 0.2) is 5.96 Å². The Labute approximate surface area is 188 Å². The van der Waals surface area contributed by atoms with Gasteiger partial charge in [-0.15, -0.1) is 24.0 Å². The number of carbonyl (C=O) groups is 1. The topological polar surface area (TPSA) is 69.2 Å². The Morgan fingerprint density at radius 2 is 1.75 bits per heavy atom. The van der Waals surface area contributed by atoms with Crippen molar-refractivity contribution in [2.75, 3.05) is 66.6 Å². The van der Waals surface area contributed by atoms with Gasteiger partial charge in [0, 0.05) is 40.3 Å². The van der Waals surface area contributed by atoms with Crippen molar-refractivity contribution in [3.63, 3.8) is 0 Å². The van der Waals surface area contributed by atoms with Gasteiger partial charge < -0.3 is 20.3 Å². The van der Waals surface area contributed by atoms with Gasteiger partial charge in [0.25, 0.3) is 0 Å². The first-order valence-electron chi connectivity index (χ1n) is 10.7. The summed E-state index contributed by atoms with van der Waals surface area (Å²) in [4.78, 5) is 20.3. The van der Waals surface area contributed by atoms with Crippen molar-refractivity contribution in [1.29, 1.82) is 0 Å². The lowest BCUT2D eigenvalue weighted by Crippen LogP contribution is -2.41. The van der Waals surface area contributed by atoms with E-state index < -0.39 is 0 Å².